The molecule has 1 heterocycles. The lowest BCUT2D eigenvalue weighted by Gasteiger charge is -2.20. The zero-order valence-electron chi connectivity index (χ0n) is 11.5. The Balaban J connectivity index is 1.71. The molecule has 0 saturated heterocycles. The highest BCUT2D eigenvalue weighted by molar-refractivity contribution is 7.07. The summed E-state index contributed by atoms with van der Waals surface area (Å²) in [6.07, 6.45) is -0.517. The zero-order valence-corrected chi connectivity index (χ0v) is 12.3. The van der Waals surface area contributed by atoms with E-state index in [4.69, 9.17) is 10.5 Å². The molecule has 0 bridgehead atoms. The number of nitrogens with zero attached hydrogens (tertiary/aromatic N) is 1. The number of benzene rings is 1. The highest BCUT2D eigenvalue weighted by atomic mass is 32.1. The van der Waals surface area contributed by atoms with Crippen molar-refractivity contribution in [3.8, 4) is 5.75 Å². The van der Waals surface area contributed by atoms with Crippen LogP contribution >= 0.6 is 11.3 Å². The van der Waals surface area contributed by atoms with Gasteiger partial charge in [-0.2, -0.15) is 11.3 Å². The third-order valence-corrected chi connectivity index (χ3v) is 3.61. The van der Waals surface area contributed by atoms with Crippen LogP contribution in [0.25, 0.3) is 0 Å². The standard InChI is InChI=1S/C15H20N2O2S/c1-17(8-12-6-7-20-11-12)9-14(18)10-19-15-4-2-13(16)3-5-15/h2-7,11,14,18H,8-10,16H2,1H3. The van der Waals surface area contributed by atoms with Crippen LogP contribution in [0.15, 0.2) is 41.1 Å². The van der Waals surface area contributed by atoms with Crippen molar-refractivity contribution < 1.29 is 9.84 Å². The predicted octanol–water partition coefficient (Wildman–Crippen LogP) is 2.20. The lowest BCUT2D eigenvalue weighted by atomic mass is 10.3. The Morgan fingerprint density at radius 2 is 2.05 bits per heavy atom. The predicted molar refractivity (Wildman–Crippen MR) is 83.0 cm³/mol. The Labute approximate surface area is 123 Å². The summed E-state index contributed by atoms with van der Waals surface area (Å²) in [5.74, 6) is 0.721. The molecule has 0 aliphatic carbocycles. The number of ether oxygens (including phenoxy) is 1. The molecule has 1 unspecified atom stereocenters. The van der Waals surface area contributed by atoms with Gasteiger partial charge in [-0.1, -0.05) is 0 Å². The first-order chi connectivity index (χ1) is 9.63. The van der Waals surface area contributed by atoms with E-state index < -0.39 is 6.10 Å². The first-order valence-electron chi connectivity index (χ1n) is 6.49. The zero-order chi connectivity index (χ0) is 14.4. The van der Waals surface area contributed by atoms with Crippen LogP contribution in [0, 0.1) is 0 Å². The van der Waals surface area contributed by atoms with Crippen molar-refractivity contribution in [2.75, 3.05) is 25.9 Å². The molecule has 2 rings (SSSR count). The molecule has 1 atom stereocenters. The normalized spacial score (nSPS) is 12.6. The number of likely N-dealkylation sites (N-methyl/N-ethyl adjacent to an activating group) is 1. The monoisotopic (exact) mass is 292 g/mol. The maximum atomic E-state index is 9.98. The Morgan fingerprint density at radius 1 is 1.30 bits per heavy atom. The summed E-state index contributed by atoms with van der Waals surface area (Å²) in [4.78, 5) is 2.08. The third-order valence-electron chi connectivity index (χ3n) is 2.88. The van der Waals surface area contributed by atoms with Crippen LogP contribution < -0.4 is 10.5 Å². The molecule has 2 aromatic rings. The number of rotatable bonds is 7. The molecule has 0 aliphatic heterocycles. The number of aliphatic hydroxyl groups is 1. The van der Waals surface area contributed by atoms with E-state index in [9.17, 15) is 5.11 Å². The van der Waals surface area contributed by atoms with Crippen molar-refractivity contribution in [1.82, 2.24) is 4.90 Å². The minimum Gasteiger partial charge on any atom is -0.491 e. The average Bonchev–Trinajstić information content (AvgIpc) is 2.90. The Hall–Kier alpha value is -1.56. The van der Waals surface area contributed by atoms with E-state index in [1.54, 1.807) is 35.6 Å². The SMILES string of the molecule is CN(Cc1ccsc1)CC(O)COc1ccc(N)cc1. The van der Waals surface area contributed by atoms with Gasteiger partial charge in [-0.05, 0) is 53.7 Å². The van der Waals surface area contributed by atoms with Crippen molar-refractivity contribution in [1.29, 1.82) is 0 Å². The fourth-order valence-corrected chi connectivity index (χ4v) is 2.59. The van der Waals surface area contributed by atoms with E-state index in [0.29, 0.717) is 12.2 Å². The average molecular weight is 292 g/mol. The smallest absolute Gasteiger partial charge is 0.119 e. The highest BCUT2D eigenvalue weighted by Gasteiger charge is 2.10. The fourth-order valence-electron chi connectivity index (χ4n) is 1.93. The molecule has 0 aliphatic rings. The van der Waals surface area contributed by atoms with Crippen LogP contribution in [-0.2, 0) is 6.54 Å². The molecular formula is C15H20N2O2S. The van der Waals surface area contributed by atoms with Crippen LogP contribution in [0.3, 0.4) is 0 Å². The van der Waals surface area contributed by atoms with Crippen LogP contribution in [0.1, 0.15) is 5.56 Å². The van der Waals surface area contributed by atoms with Crippen LogP contribution in [0.4, 0.5) is 5.69 Å². The van der Waals surface area contributed by atoms with Crippen LogP contribution in [0.2, 0.25) is 0 Å². The number of anilines is 1. The van der Waals surface area contributed by atoms with Gasteiger partial charge in [0.2, 0.25) is 0 Å². The second-order valence-electron chi connectivity index (χ2n) is 4.86. The van der Waals surface area contributed by atoms with E-state index in [1.165, 1.54) is 5.56 Å². The highest BCUT2D eigenvalue weighted by Crippen LogP contribution is 2.13. The second-order valence-corrected chi connectivity index (χ2v) is 5.64. The van der Waals surface area contributed by atoms with Crippen LogP contribution in [0.5, 0.6) is 5.75 Å². The van der Waals surface area contributed by atoms with Crippen molar-refractivity contribution in [2.24, 2.45) is 0 Å². The summed E-state index contributed by atoms with van der Waals surface area (Å²) < 4.78 is 5.53. The lowest BCUT2D eigenvalue weighted by molar-refractivity contribution is 0.0744. The van der Waals surface area contributed by atoms with E-state index in [1.807, 2.05) is 7.05 Å². The van der Waals surface area contributed by atoms with Gasteiger partial charge in [0.1, 0.15) is 18.5 Å². The van der Waals surface area contributed by atoms with Gasteiger partial charge in [0, 0.05) is 18.8 Å². The van der Waals surface area contributed by atoms with E-state index in [2.05, 4.69) is 21.7 Å². The third kappa shape index (κ3) is 4.85. The molecule has 0 radical (unpaired) electrons. The summed E-state index contributed by atoms with van der Waals surface area (Å²) in [5.41, 5.74) is 7.57. The van der Waals surface area contributed by atoms with Crippen molar-refractivity contribution >= 4 is 17.0 Å². The molecule has 20 heavy (non-hydrogen) atoms. The molecule has 0 amide bonds. The summed E-state index contributed by atoms with van der Waals surface area (Å²) in [6.45, 7) is 1.69. The summed E-state index contributed by atoms with van der Waals surface area (Å²) >= 11 is 1.69. The first-order valence-corrected chi connectivity index (χ1v) is 7.44. The molecule has 108 valence electrons. The molecule has 1 aromatic carbocycles. The topological polar surface area (TPSA) is 58.7 Å². The maximum absolute atomic E-state index is 9.98. The van der Waals surface area contributed by atoms with Gasteiger partial charge in [-0.25, -0.2) is 0 Å². The van der Waals surface area contributed by atoms with Gasteiger partial charge in [0.15, 0.2) is 0 Å². The van der Waals surface area contributed by atoms with Gasteiger partial charge >= 0.3 is 0 Å². The van der Waals surface area contributed by atoms with Gasteiger partial charge in [-0.3, -0.25) is 4.90 Å². The van der Waals surface area contributed by atoms with Gasteiger partial charge in [-0.15, -0.1) is 0 Å². The molecule has 0 spiro atoms. The van der Waals surface area contributed by atoms with Crippen molar-refractivity contribution in [2.45, 2.75) is 12.6 Å². The van der Waals surface area contributed by atoms with Gasteiger partial charge < -0.3 is 15.6 Å². The fraction of sp³-hybridized carbons (Fsp3) is 0.333. The largest absolute Gasteiger partial charge is 0.491 e. The number of nitrogen functional groups attached to an aromatic ring is 1. The van der Waals surface area contributed by atoms with E-state index in [0.717, 1.165) is 12.3 Å². The molecule has 0 fully saturated rings. The second kappa shape index (κ2) is 7.28. The van der Waals surface area contributed by atoms with Crippen LogP contribution in [-0.4, -0.2) is 36.3 Å². The van der Waals surface area contributed by atoms with E-state index in [-0.39, 0.29) is 6.61 Å². The number of hydrogen-bond acceptors (Lipinski definition) is 5. The van der Waals surface area contributed by atoms with E-state index >= 15 is 0 Å². The minimum atomic E-state index is -0.517. The molecule has 1 aromatic heterocycles. The number of hydrogen-bond donors (Lipinski definition) is 2. The quantitative estimate of drug-likeness (QED) is 0.768. The Kier molecular flexibility index (Phi) is 5.40. The summed E-state index contributed by atoms with van der Waals surface area (Å²) in [7, 11) is 1.99. The Morgan fingerprint density at radius 3 is 2.70 bits per heavy atom. The van der Waals surface area contributed by atoms with Gasteiger partial charge in [0.25, 0.3) is 0 Å². The molecular weight excluding hydrogens is 272 g/mol. The number of nitrogens with two attached hydrogens (primary N) is 1. The minimum absolute atomic E-state index is 0.276. The van der Waals surface area contributed by atoms with Crippen molar-refractivity contribution in [3.63, 3.8) is 0 Å². The molecule has 4 nitrogen and oxygen atoms in total. The summed E-state index contributed by atoms with van der Waals surface area (Å²) in [6, 6.07) is 9.27. The molecule has 0 saturated carbocycles. The molecule has 5 heteroatoms. The number of thiophene rings is 1. The Bertz CT molecular complexity index is 499. The maximum Gasteiger partial charge on any atom is 0.119 e. The lowest BCUT2D eigenvalue weighted by Crippen LogP contribution is -2.32. The molecule has 3 N–H and O–H groups in total. The number of aliphatic hydroxyl groups excluding tert-OH is 1. The van der Waals surface area contributed by atoms with Crippen molar-refractivity contribution in [3.05, 3.63) is 46.7 Å². The van der Waals surface area contributed by atoms with Gasteiger partial charge in [0.05, 0.1) is 0 Å². The summed E-state index contributed by atoms with van der Waals surface area (Å²) in [5, 5.41) is 14.2. The first kappa shape index (κ1) is 14.8.